The van der Waals surface area contributed by atoms with Crippen molar-refractivity contribution in [3.8, 4) is 0 Å². The van der Waals surface area contributed by atoms with Crippen molar-refractivity contribution < 1.29 is 0 Å². The number of hydrogen-bond acceptors (Lipinski definition) is 4. The van der Waals surface area contributed by atoms with Gasteiger partial charge in [-0.25, -0.2) is 4.98 Å². The van der Waals surface area contributed by atoms with Crippen LogP contribution in [0, 0.1) is 13.8 Å². The van der Waals surface area contributed by atoms with Gasteiger partial charge < -0.3 is 5.32 Å². The molecule has 1 fully saturated rings. The molecule has 2 rings (SSSR count). The molecule has 1 N–H and O–H groups in total. The molecule has 1 atom stereocenters. The first-order valence-electron chi connectivity index (χ1n) is 5.51. The van der Waals surface area contributed by atoms with E-state index in [0.29, 0.717) is 6.04 Å². The number of hydrogen-bond donors (Lipinski definition) is 1. The molecule has 1 aromatic rings. The van der Waals surface area contributed by atoms with E-state index in [-0.39, 0.29) is 0 Å². The summed E-state index contributed by atoms with van der Waals surface area (Å²) in [5.41, 5.74) is 1.19. The van der Waals surface area contributed by atoms with Gasteiger partial charge in [0.05, 0.1) is 12.2 Å². The molecule has 0 aliphatic carbocycles. The molecule has 0 amide bonds. The van der Waals surface area contributed by atoms with Gasteiger partial charge in [-0.1, -0.05) is 0 Å². The van der Waals surface area contributed by atoms with Gasteiger partial charge in [-0.2, -0.15) is 0 Å². The lowest BCUT2D eigenvalue weighted by molar-refractivity contribution is 0.322. The molecule has 1 aliphatic heterocycles. The summed E-state index contributed by atoms with van der Waals surface area (Å²) in [5, 5.41) is 4.60. The Morgan fingerprint density at radius 1 is 1.53 bits per heavy atom. The molecule has 1 aromatic heterocycles. The van der Waals surface area contributed by atoms with Gasteiger partial charge in [0.2, 0.25) is 0 Å². The van der Waals surface area contributed by atoms with Crippen LogP contribution in [-0.4, -0.2) is 36.1 Å². The molecule has 0 aromatic carbocycles. The Hall–Kier alpha value is -0.450. The Labute approximate surface area is 95.5 Å². The number of aryl methyl sites for hydroxylation is 2. The Bertz CT molecular complexity index is 315. The van der Waals surface area contributed by atoms with E-state index in [0.717, 1.165) is 13.1 Å². The van der Waals surface area contributed by atoms with Crippen molar-refractivity contribution >= 4 is 11.3 Å². The molecule has 1 unspecified atom stereocenters. The van der Waals surface area contributed by atoms with Crippen molar-refractivity contribution in [1.82, 2.24) is 15.2 Å². The smallest absolute Gasteiger partial charge is 0.107 e. The Kier molecular flexibility index (Phi) is 3.38. The number of likely N-dealkylation sites (tertiary alicyclic amines) is 1. The van der Waals surface area contributed by atoms with Crippen LogP contribution in [0.2, 0.25) is 0 Å². The van der Waals surface area contributed by atoms with E-state index in [4.69, 9.17) is 0 Å². The molecule has 15 heavy (non-hydrogen) atoms. The van der Waals surface area contributed by atoms with Gasteiger partial charge in [0.15, 0.2) is 0 Å². The Balaban J connectivity index is 1.92. The van der Waals surface area contributed by atoms with Crippen LogP contribution in [0.1, 0.15) is 22.0 Å². The molecule has 84 valence electrons. The van der Waals surface area contributed by atoms with Crippen LogP contribution in [0.25, 0.3) is 0 Å². The maximum Gasteiger partial charge on any atom is 0.107 e. The predicted octanol–water partition coefficient (Wildman–Crippen LogP) is 1.55. The third-order valence-corrected chi connectivity index (χ3v) is 4.17. The van der Waals surface area contributed by atoms with Crippen molar-refractivity contribution in [2.45, 2.75) is 32.9 Å². The van der Waals surface area contributed by atoms with Crippen molar-refractivity contribution in [3.05, 3.63) is 15.6 Å². The number of thiazole rings is 1. The second-order valence-corrected chi connectivity index (χ2v) is 5.55. The summed E-state index contributed by atoms with van der Waals surface area (Å²) in [6.45, 7) is 7.63. The number of nitrogens with one attached hydrogen (secondary N) is 1. The first kappa shape index (κ1) is 11.0. The summed E-state index contributed by atoms with van der Waals surface area (Å²) in [5.74, 6) is 0. The van der Waals surface area contributed by atoms with Crippen LogP contribution in [0.5, 0.6) is 0 Å². The number of aromatic nitrogens is 1. The maximum absolute atomic E-state index is 4.58. The zero-order valence-electron chi connectivity index (χ0n) is 9.71. The first-order chi connectivity index (χ1) is 7.19. The molecule has 2 heterocycles. The van der Waals surface area contributed by atoms with E-state index < -0.39 is 0 Å². The highest BCUT2D eigenvalue weighted by atomic mass is 32.1. The standard InChI is InChI=1S/C11H19N3S/c1-8-9(2)15-11(13-8)7-14-5-4-10(6-14)12-3/h10,12H,4-7H2,1-3H3. The quantitative estimate of drug-likeness (QED) is 0.846. The molecule has 0 radical (unpaired) electrons. The number of rotatable bonds is 3. The highest BCUT2D eigenvalue weighted by Gasteiger charge is 2.21. The third kappa shape index (κ3) is 2.56. The van der Waals surface area contributed by atoms with Crippen molar-refractivity contribution in [1.29, 1.82) is 0 Å². The Morgan fingerprint density at radius 3 is 2.87 bits per heavy atom. The van der Waals surface area contributed by atoms with Gasteiger partial charge in [0.1, 0.15) is 5.01 Å². The van der Waals surface area contributed by atoms with Gasteiger partial charge in [-0.05, 0) is 27.3 Å². The number of nitrogens with zero attached hydrogens (tertiary/aromatic N) is 2. The van der Waals surface area contributed by atoms with Gasteiger partial charge in [-0.3, -0.25) is 4.90 Å². The minimum absolute atomic E-state index is 0.673. The monoisotopic (exact) mass is 225 g/mol. The lowest BCUT2D eigenvalue weighted by Gasteiger charge is -2.13. The van der Waals surface area contributed by atoms with Gasteiger partial charge in [0, 0.05) is 24.0 Å². The molecule has 4 heteroatoms. The third-order valence-electron chi connectivity index (χ3n) is 3.11. The van der Waals surface area contributed by atoms with E-state index >= 15 is 0 Å². The van der Waals surface area contributed by atoms with E-state index in [2.05, 4.69) is 29.0 Å². The lowest BCUT2D eigenvalue weighted by atomic mass is 10.3. The Morgan fingerprint density at radius 2 is 2.33 bits per heavy atom. The number of likely N-dealkylation sites (N-methyl/N-ethyl adjacent to an activating group) is 1. The predicted molar refractivity (Wildman–Crippen MR) is 64.3 cm³/mol. The van der Waals surface area contributed by atoms with Crippen molar-refractivity contribution in [3.63, 3.8) is 0 Å². The molecular weight excluding hydrogens is 206 g/mol. The zero-order valence-corrected chi connectivity index (χ0v) is 10.5. The molecular formula is C11H19N3S. The topological polar surface area (TPSA) is 28.2 Å². The fourth-order valence-electron chi connectivity index (χ4n) is 2.01. The molecule has 1 aliphatic rings. The second kappa shape index (κ2) is 4.60. The van der Waals surface area contributed by atoms with Crippen LogP contribution in [0.15, 0.2) is 0 Å². The lowest BCUT2D eigenvalue weighted by Crippen LogP contribution is -2.29. The van der Waals surface area contributed by atoms with Gasteiger partial charge in [-0.15, -0.1) is 11.3 Å². The highest BCUT2D eigenvalue weighted by molar-refractivity contribution is 7.11. The second-order valence-electron chi connectivity index (χ2n) is 4.26. The molecule has 3 nitrogen and oxygen atoms in total. The van der Waals surface area contributed by atoms with Crippen LogP contribution >= 0.6 is 11.3 Å². The minimum Gasteiger partial charge on any atom is -0.316 e. The maximum atomic E-state index is 4.58. The largest absolute Gasteiger partial charge is 0.316 e. The summed E-state index contributed by atoms with van der Waals surface area (Å²) >= 11 is 1.84. The molecule has 1 saturated heterocycles. The van der Waals surface area contributed by atoms with Crippen LogP contribution < -0.4 is 5.32 Å². The fourth-order valence-corrected chi connectivity index (χ4v) is 2.99. The van der Waals surface area contributed by atoms with E-state index in [1.54, 1.807) is 0 Å². The molecule has 0 spiro atoms. The normalized spacial score (nSPS) is 22.5. The molecule has 0 saturated carbocycles. The summed E-state index contributed by atoms with van der Waals surface area (Å²) in [4.78, 5) is 8.42. The average Bonchev–Trinajstić information content (AvgIpc) is 2.76. The SMILES string of the molecule is CNC1CCN(Cc2nc(C)c(C)s2)C1. The summed E-state index contributed by atoms with van der Waals surface area (Å²) < 4.78 is 0. The van der Waals surface area contributed by atoms with Gasteiger partial charge >= 0.3 is 0 Å². The average molecular weight is 225 g/mol. The van der Waals surface area contributed by atoms with Crippen molar-refractivity contribution in [2.24, 2.45) is 0 Å². The summed E-state index contributed by atoms with van der Waals surface area (Å²) in [7, 11) is 2.05. The van der Waals surface area contributed by atoms with Crippen LogP contribution in [0.3, 0.4) is 0 Å². The summed E-state index contributed by atoms with van der Waals surface area (Å²) in [6, 6.07) is 0.673. The van der Waals surface area contributed by atoms with Crippen LogP contribution in [0.4, 0.5) is 0 Å². The van der Waals surface area contributed by atoms with Crippen molar-refractivity contribution in [2.75, 3.05) is 20.1 Å². The zero-order chi connectivity index (χ0) is 10.8. The first-order valence-corrected chi connectivity index (χ1v) is 6.33. The fraction of sp³-hybridized carbons (Fsp3) is 0.727. The van der Waals surface area contributed by atoms with Gasteiger partial charge in [0.25, 0.3) is 0 Å². The van der Waals surface area contributed by atoms with E-state index in [1.807, 2.05) is 18.4 Å². The van der Waals surface area contributed by atoms with E-state index in [9.17, 15) is 0 Å². The highest BCUT2D eigenvalue weighted by Crippen LogP contribution is 2.20. The van der Waals surface area contributed by atoms with E-state index in [1.165, 1.54) is 28.5 Å². The minimum atomic E-state index is 0.673. The summed E-state index contributed by atoms with van der Waals surface area (Å²) in [6.07, 6.45) is 1.26. The van der Waals surface area contributed by atoms with Crippen LogP contribution in [-0.2, 0) is 6.54 Å². The molecule has 0 bridgehead atoms.